The summed E-state index contributed by atoms with van der Waals surface area (Å²) in [6, 6.07) is 0. The zero-order valence-electron chi connectivity index (χ0n) is 8.77. The summed E-state index contributed by atoms with van der Waals surface area (Å²) < 4.78 is 9.24. The Labute approximate surface area is 91.6 Å². The van der Waals surface area contributed by atoms with E-state index in [0.29, 0.717) is 0 Å². The fraction of sp³-hybridized carbons (Fsp3) is 0.300. The van der Waals surface area contributed by atoms with Crippen LogP contribution in [0.2, 0.25) is 0 Å². The topological polar surface area (TPSA) is 99.8 Å². The van der Waals surface area contributed by atoms with E-state index in [9.17, 15) is 15.0 Å². The number of carbonyl (C=O) groups is 1. The highest BCUT2D eigenvalue weighted by Crippen LogP contribution is 2.27. The van der Waals surface area contributed by atoms with Crippen molar-refractivity contribution in [2.75, 3.05) is 14.2 Å². The second-order valence-electron chi connectivity index (χ2n) is 2.94. The third-order valence-corrected chi connectivity index (χ3v) is 2.12. The van der Waals surface area contributed by atoms with Gasteiger partial charge >= 0.3 is 5.97 Å². The van der Waals surface area contributed by atoms with E-state index in [1.54, 1.807) is 0 Å². The van der Waals surface area contributed by atoms with Crippen molar-refractivity contribution in [1.82, 2.24) is 0 Å². The first-order chi connectivity index (χ1) is 7.56. The Morgan fingerprint density at radius 2 is 2.19 bits per heavy atom. The molecule has 0 amide bonds. The summed E-state index contributed by atoms with van der Waals surface area (Å²) >= 11 is 0. The Morgan fingerprint density at radius 1 is 1.56 bits per heavy atom. The van der Waals surface area contributed by atoms with Crippen molar-refractivity contribution in [2.24, 2.45) is 0 Å². The van der Waals surface area contributed by atoms with Crippen LogP contribution >= 0.6 is 0 Å². The van der Waals surface area contributed by atoms with Gasteiger partial charge in [0.2, 0.25) is 0 Å². The monoisotopic (exact) mass is 225 g/mol. The molecule has 0 radical (unpaired) electrons. The normalized spacial score (nSPS) is 20.1. The first-order valence-electron chi connectivity index (χ1n) is 4.32. The van der Waals surface area contributed by atoms with Crippen LogP contribution in [0, 0.1) is 5.41 Å². The maximum Gasteiger partial charge on any atom is 0.340 e. The smallest absolute Gasteiger partial charge is 0.340 e. The lowest BCUT2D eigenvalue weighted by Gasteiger charge is -2.21. The molecule has 0 saturated heterocycles. The van der Waals surface area contributed by atoms with Gasteiger partial charge in [0.05, 0.1) is 19.8 Å². The second kappa shape index (κ2) is 4.65. The van der Waals surface area contributed by atoms with Gasteiger partial charge in [0.1, 0.15) is 23.2 Å². The molecule has 0 unspecified atom stereocenters. The Morgan fingerprint density at radius 3 is 2.62 bits per heavy atom. The van der Waals surface area contributed by atoms with Gasteiger partial charge in [-0.2, -0.15) is 0 Å². The summed E-state index contributed by atoms with van der Waals surface area (Å²) in [5.41, 5.74) is -0.376. The lowest BCUT2D eigenvalue weighted by molar-refractivity contribution is -0.137. The molecule has 0 fully saturated rings. The molecule has 0 aromatic rings. The molecule has 0 aromatic carbocycles. The van der Waals surface area contributed by atoms with E-state index >= 15 is 0 Å². The average molecular weight is 225 g/mol. The first-order valence-corrected chi connectivity index (χ1v) is 4.32. The fourth-order valence-electron chi connectivity index (χ4n) is 1.32. The molecule has 6 nitrogen and oxygen atoms in total. The molecule has 0 aliphatic heterocycles. The van der Waals surface area contributed by atoms with Crippen molar-refractivity contribution in [3.8, 4) is 0 Å². The predicted octanol–water partition coefficient (Wildman–Crippen LogP) is 0.0512. The number of rotatable bonds is 2. The van der Waals surface area contributed by atoms with Crippen LogP contribution in [0.4, 0.5) is 0 Å². The molecule has 1 aliphatic carbocycles. The highest BCUT2D eigenvalue weighted by molar-refractivity contribution is 5.93. The van der Waals surface area contributed by atoms with Gasteiger partial charge in [-0.3, -0.25) is 5.41 Å². The molecule has 1 atom stereocenters. The number of ether oxygens (including phenoxy) is 2. The van der Waals surface area contributed by atoms with Gasteiger partial charge in [0, 0.05) is 6.08 Å². The highest BCUT2D eigenvalue weighted by atomic mass is 16.5. The standard InChI is InChI=1S/C10H11NO5/c1-15-7-3-6(12)8(10(14)16-2)9(13)5(7)4-11/h3,9,11-13H,1-2H3/t9-/m1/s1. The summed E-state index contributed by atoms with van der Waals surface area (Å²) in [7, 11) is 2.44. The van der Waals surface area contributed by atoms with E-state index in [-0.39, 0.29) is 16.9 Å². The van der Waals surface area contributed by atoms with Crippen LogP contribution in [0.5, 0.6) is 0 Å². The van der Waals surface area contributed by atoms with Crippen LogP contribution in [0.25, 0.3) is 0 Å². The molecular formula is C10H11NO5. The van der Waals surface area contributed by atoms with Gasteiger partial charge in [-0.25, -0.2) is 4.79 Å². The fourth-order valence-corrected chi connectivity index (χ4v) is 1.32. The third-order valence-electron chi connectivity index (χ3n) is 2.12. The van der Waals surface area contributed by atoms with E-state index in [0.717, 1.165) is 13.2 Å². The number of nitrogens with one attached hydrogen (secondary N) is 1. The number of carbonyl (C=O) groups excluding carboxylic acids is 1. The summed E-state index contributed by atoms with van der Waals surface area (Å²) in [6.45, 7) is 0. The third kappa shape index (κ3) is 1.84. The Hall–Kier alpha value is -2.04. The second-order valence-corrected chi connectivity index (χ2v) is 2.94. The molecule has 1 aliphatic rings. The van der Waals surface area contributed by atoms with Gasteiger partial charge in [-0.05, 0) is 5.87 Å². The number of hydrogen-bond acceptors (Lipinski definition) is 6. The zero-order chi connectivity index (χ0) is 12.3. The number of aliphatic hydroxyl groups excluding tert-OH is 2. The number of methoxy groups -OCH3 is 2. The van der Waals surface area contributed by atoms with Crippen molar-refractivity contribution in [1.29, 1.82) is 5.41 Å². The SMILES string of the molecule is COC(=O)C1=C(O)C=C(OC)C(=C=N)[C@H]1O. The first kappa shape index (κ1) is 12.0. The highest BCUT2D eigenvalue weighted by Gasteiger charge is 2.33. The van der Waals surface area contributed by atoms with E-state index in [4.69, 9.17) is 10.1 Å². The van der Waals surface area contributed by atoms with Crippen LogP contribution < -0.4 is 0 Å². The van der Waals surface area contributed by atoms with Gasteiger partial charge < -0.3 is 19.7 Å². The molecule has 3 N–H and O–H groups in total. The van der Waals surface area contributed by atoms with E-state index in [1.807, 2.05) is 5.87 Å². The Bertz CT molecular complexity index is 428. The Balaban J connectivity index is 3.33. The van der Waals surface area contributed by atoms with Crippen molar-refractivity contribution in [3.05, 3.63) is 28.7 Å². The van der Waals surface area contributed by atoms with E-state index in [2.05, 4.69) is 4.74 Å². The predicted molar refractivity (Wildman–Crippen MR) is 54.0 cm³/mol. The van der Waals surface area contributed by atoms with Gasteiger partial charge in [-0.1, -0.05) is 0 Å². The van der Waals surface area contributed by atoms with Crippen molar-refractivity contribution in [3.63, 3.8) is 0 Å². The number of hydrogen-bond donors (Lipinski definition) is 3. The van der Waals surface area contributed by atoms with E-state index in [1.165, 1.54) is 7.11 Å². The van der Waals surface area contributed by atoms with Gasteiger partial charge in [0.15, 0.2) is 0 Å². The molecule has 0 heterocycles. The summed E-state index contributed by atoms with van der Waals surface area (Å²) in [4.78, 5) is 11.3. The molecule has 6 heteroatoms. The summed E-state index contributed by atoms with van der Waals surface area (Å²) in [5.74, 6) is 0.711. The number of aliphatic hydroxyl groups is 2. The summed E-state index contributed by atoms with van der Waals surface area (Å²) in [5, 5.41) is 26.2. The van der Waals surface area contributed by atoms with Crippen LogP contribution in [0.15, 0.2) is 28.7 Å². The van der Waals surface area contributed by atoms with Crippen LogP contribution in [0.3, 0.4) is 0 Å². The molecule has 0 spiro atoms. The minimum absolute atomic E-state index is 0.0410. The average Bonchev–Trinajstić information content (AvgIpc) is 2.27. The van der Waals surface area contributed by atoms with E-state index < -0.39 is 17.8 Å². The number of esters is 1. The number of allylic oxidation sites excluding steroid dienone is 1. The molecule has 0 saturated carbocycles. The largest absolute Gasteiger partial charge is 0.507 e. The molecular weight excluding hydrogens is 214 g/mol. The van der Waals surface area contributed by atoms with Crippen LogP contribution in [-0.2, 0) is 14.3 Å². The molecule has 16 heavy (non-hydrogen) atoms. The minimum atomic E-state index is -1.48. The lowest BCUT2D eigenvalue weighted by atomic mass is 9.94. The van der Waals surface area contributed by atoms with Crippen molar-refractivity contribution >= 4 is 11.8 Å². The Kier molecular flexibility index (Phi) is 3.50. The minimum Gasteiger partial charge on any atom is -0.507 e. The molecule has 0 bridgehead atoms. The maximum absolute atomic E-state index is 11.3. The molecule has 0 aromatic heterocycles. The molecule has 1 rings (SSSR count). The quantitative estimate of drug-likeness (QED) is 0.455. The van der Waals surface area contributed by atoms with Crippen LogP contribution in [0.1, 0.15) is 0 Å². The molecule has 86 valence electrons. The lowest BCUT2D eigenvalue weighted by Crippen LogP contribution is -2.27. The van der Waals surface area contributed by atoms with Crippen molar-refractivity contribution < 1.29 is 24.5 Å². The van der Waals surface area contributed by atoms with Crippen molar-refractivity contribution in [2.45, 2.75) is 6.10 Å². The van der Waals surface area contributed by atoms with Gasteiger partial charge in [-0.15, -0.1) is 0 Å². The van der Waals surface area contributed by atoms with Gasteiger partial charge in [0.25, 0.3) is 0 Å². The van der Waals surface area contributed by atoms with Crippen LogP contribution in [-0.4, -0.2) is 42.4 Å². The summed E-state index contributed by atoms with van der Waals surface area (Å²) in [6.07, 6.45) is -0.361. The maximum atomic E-state index is 11.3. The zero-order valence-corrected chi connectivity index (χ0v) is 8.77.